The Morgan fingerprint density at radius 1 is 1.25 bits per heavy atom. The number of amidine groups is 1. The molecule has 11 heteroatoms. The lowest BCUT2D eigenvalue weighted by Crippen LogP contribution is -2.52. The van der Waals surface area contributed by atoms with E-state index in [-0.39, 0.29) is 17.0 Å². The maximum absolute atomic E-state index is 13.8. The van der Waals surface area contributed by atoms with E-state index in [1.54, 1.807) is 0 Å². The number of aliphatic imine (C=N–C) groups is 2. The molecule has 24 heavy (non-hydrogen) atoms. The molecule has 1 aromatic carbocycles. The monoisotopic (exact) mass is 347 g/mol. The van der Waals surface area contributed by atoms with Gasteiger partial charge in [0.2, 0.25) is 5.84 Å². The first-order valence-corrected chi connectivity index (χ1v) is 6.32. The van der Waals surface area contributed by atoms with Gasteiger partial charge in [0.25, 0.3) is 5.69 Å². The molecule has 0 aliphatic carbocycles. The molecule has 1 aliphatic rings. The van der Waals surface area contributed by atoms with Crippen LogP contribution in [0, 0.1) is 10.1 Å². The van der Waals surface area contributed by atoms with Crippen molar-refractivity contribution in [2.75, 3.05) is 13.7 Å². The van der Waals surface area contributed by atoms with Crippen LogP contribution in [0.1, 0.15) is 5.56 Å². The Balaban J connectivity index is 2.29. The van der Waals surface area contributed by atoms with Crippen molar-refractivity contribution in [1.82, 2.24) is 0 Å². The van der Waals surface area contributed by atoms with Crippen molar-refractivity contribution in [2.45, 2.75) is 11.8 Å². The molecule has 0 atom stereocenters. The zero-order valence-corrected chi connectivity index (χ0v) is 12.0. The minimum absolute atomic E-state index is 0.0831. The molecule has 0 fully saturated rings. The SMILES string of the molecule is COC(=O)C(F)(F)C(F)(F)C1=NCC(c2ccc([N+](=O)[O-])cc2)=N1. The van der Waals surface area contributed by atoms with E-state index in [0.29, 0.717) is 7.11 Å². The normalized spacial score (nSPS) is 14.9. The summed E-state index contributed by atoms with van der Waals surface area (Å²) in [6.45, 7) is -0.431. The number of carbonyl (C=O) groups excluding carboxylic acids is 1. The third-order valence-corrected chi connectivity index (χ3v) is 3.15. The number of non-ortho nitro benzene ring substituents is 1. The first kappa shape index (κ1) is 17.5. The van der Waals surface area contributed by atoms with Crippen LogP contribution in [-0.4, -0.2) is 47.9 Å². The first-order chi connectivity index (χ1) is 11.1. The Kier molecular flexibility index (Phi) is 4.36. The summed E-state index contributed by atoms with van der Waals surface area (Å²) in [7, 11) is 0.550. The Bertz CT molecular complexity index is 744. The Labute approximate surface area is 131 Å². The summed E-state index contributed by atoms with van der Waals surface area (Å²) in [5.74, 6) is -14.0. The molecular weight excluding hydrogens is 338 g/mol. The van der Waals surface area contributed by atoms with Crippen LogP contribution < -0.4 is 0 Å². The molecule has 0 saturated heterocycles. The van der Waals surface area contributed by atoms with E-state index in [1.165, 1.54) is 12.1 Å². The second kappa shape index (κ2) is 5.98. The smallest absolute Gasteiger partial charge is 0.412 e. The van der Waals surface area contributed by atoms with E-state index in [9.17, 15) is 32.5 Å². The molecule has 128 valence electrons. The number of methoxy groups -OCH3 is 1. The summed E-state index contributed by atoms with van der Waals surface area (Å²) in [6, 6.07) is 4.67. The number of alkyl halides is 4. The summed E-state index contributed by atoms with van der Waals surface area (Å²) in [5, 5.41) is 10.5. The van der Waals surface area contributed by atoms with Crippen LogP contribution >= 0.6 is 0 Å². The zero-order valence-electron chi connectivity index (χ0n) is 12.0. The molecular formula is C13H9F4N3O4. The fourth-order valence-corrected chi connectivity index (χ4v) is 1.85. The Hall–Kier alpha value is -2.85. The minimum Gasteiger partial charge on any atom is -0.464 e. The van der Waals surface area contributed by atoms with Crippen LogP contribution in [0.2, 0.25) is 0 Å². The molecule has 0 bridgehead atoms. The maximum Gasteiger partial charge on any atom is 0.412 e. The topological polar surface area (TPSA) is 94.2 Å². The number of rotatable bonds is 5. The van der Waals surface area contributed by atoms with Gasteiger partial charge in [0.1, 0.15) is 0 Å². The van der Waals surface area contributed by atoms with Gasteiger partial charge in [-0.1, -0.05) is 0 Å². The fraction of sp³-hybridized carbons (Fsp3) is 0.308. The van der Waals surface area contributed by atoms with Crippen LogP contribution in [-0.2, 0) is 9.53 Å². The average molecular weight is 347 g/mol. The second-order valence-electron chi connectivity index (χ2n) is 4.64. The molecule has 0 N–H and O–H groups in total. The van der Waals surface area contributed by atoms with Gasteiger partial charge >= 0.3 is 17.8 Å². The first-order valence-electron chi connectivity index (χ1n) is 6.32. The second-order valence-corrected chi connectivity index (χ2v) is 4.64. The molecule has 0 radical (unpaired) electrons. The highest BCUT2D eigenvalue weighted by Gasteiger charge is 2.67. The molecule has 1 aliphatic heterocycles. The Morgan fingerprint density at radius 3 is 2.33 bits per heavy atom. The summed E-state index contributed by atoms with van der Waals surface area (Å²) < 4.78 is 58.3. The van der Waals surface area contributed by atoms with E-state index < -0.39 is 35.1 Å². The van der Waals surface area contributed by atoms with Crippen LogP contribution in [0.3, 0.4) is 0 Å². The van der Waals surface area contributed by atoms with Crippen molar-refractivity contribution < 1.29 is 32.0 Å². The number of hydrogen-bond acceptors (Lipinski definition) is 6. The molecule has 0 unspecified atom stereocenters. The van der Waals surface area contributed by atoms with E-state index in [1.807, 2.05) is 0 Å². The van der Waals surface area contributed by atoms with Crippen molar-refractivity contribution >= 4 is 23.2 Å². The van der Waals surface area contributed by atoms with Gasteiger partial charge in [-0.3, -0.25) is 15.1 Å². The molecule has 0 aromatic heterocycles. The van der Waals surface area contributed by atoms with Crippen molar-refractivity contribution in [1.29, 1.82) is 0 Å². The lowest BCUT2D eigenvalue weighted by atomic mass is 10.1. The summed E-state index contributed by atoms with van der Waals surface area (Å²) in [4.78, 5) is 27.4. The van der Waals surface area contributed by atoms with Gasteiger partial charge < -0.3 is 4.74 Å². The van der Waals surface area contributed by atoms with Gasteiger partial charge in [0, 0.05) is 12.1 Å². The average Bonchev–Trinajstić information content (AvgIpc) is 3.04. The number of nitrogens with zero attached hydrogens (tertiary/aromatic N) is 3. The number of ether oxygens (including phenoxy) is 1. The molecule has 7 nitrogen and oxygen atoms in total. The lowest BCUT2D eigenvalue weighted by Gasteiger charge is -2.22. The third-order valence-electron chi connectivity index (χ3n) is 3.15. The highest BCUT2D eigenvalue weighted by molar-refractivity contribution is 6.15. The number of hydrogen-bond donors (Lipinski definition) is 0. The standard InChI is InChI=1S/C13H9F4N3O4/c1-24-11(21)13(16,17)12(14,15)10-18-6-9(19-10)7-2-4-8(5-3-7)20(22)23/h2-5H,6H2,1H3. The predicted molar refractivity (Wildman–Crippen MR) is 73.8 cm³/mol. The fourth-order valence-electron chi connectivity index (χ4n) is 1.85. The maximum atomic E-state index is 13.8. The van der Waals surface area contributed by atoms with Gasteiger partial charge in [0.05, 0.1) is 24.3 Å². The Morgan fingerprint density at radius 2 is 1.83 bits per heavy atom. The van der Waals surface area contributed by atoms with Crippen LogP contribution in [0.25, 0.3) is 0 Å². The van der Waals surface area contributed by atoms with Crippen molar-refractivity contribution in [3.63, 3.8) is 0 Å². The third kappa shape index (κ3) is 2.84. The number of halogens is 4. The van der Waals surface area contributed by atoms with E-state index in [2.05, 4.69) is 14.7 Å². The number of carbonyl (C=O) groups is 1. The number of benzene rings is 1. The van der Waals surface area contributed by atoms with Gasteiger partial charge in [-0.25, -0.2) is 9.79 Å². The lowest BCUT2D eigenvalue weighted by molar-refractivity contribution is -0.384. The number of esters is 1. The molecule has 1 aromatic rings. The van der Waals surface area contributed by atoms with Gasteiger partial charge in [-0.05, 0) is 17.7 Å². The zero-order chi connectivity index (χ0) is 18.1. The van der Waals surface area contributed by atoms with Crippen molar-refractivity contribution in [3.8, 4) is 0 Å². The van der Waals surface area contributed by atoms with Crippen LogP contribution in [0.5, 0.6) is 0 Å². The largest absolute Gasteiger partial charge is 0.464 e. The van der Waals surface area contributed by atoms with Gasteiger partial charge in [0.15, 0.2) is 0 Å². The number of nitro benzene ring substituents is 1. The highest BCUT2D eigenvalue weighted by Crippen LogP contribution is 2.38. The summed E-state index contributed by atoms with van der Waals surface area (Å²) >= 11 is 0. The van der Waals surface area contributed by atoms with E-state index in [0.717, 1.165) is 12.1 Å². The van der Waals surface area contributed by atoms with Crippen LogP contribution in [0.15, 0.2) is 34.3 Å². The van der Waals surface area contributed by atoms with E-state index in [4.69, 9.17) is 0 Å². The highest BCUT2D eigenvalue weighted by atomic mass is 19.3. The minimum atomic E-state index is -5.13. The molecule has 0 spiro atoms. The van der Waals surface area contributed by atoms with Crippen LogP contribution in [0.4, 0.5) is 23.2 Å². The van der Waals surface area contributed by atoms with Gasteiger partial charge in [-0.2, -0.15) is 17.6 Å². The summed E-state index contributed by atoms with van der Waals surface area (Å²) in [6.07, 6.45) is 0. The summed E-state index contributed by atoms with van der Waals surface area (Å²) in [5.41, 5.74) is -0.113. The van der Waals surface area contributed by atoms with E-state index >= 15 is 0 Å². The van der Waals surface area contributed by atoms with Gasteiger partial charge in [-0.15, -0.1) is 0 Å². The number of nitro groups is 1. The molecule has 2 rings (SSSR count). The molecule has 1 heterocycles. The molecule has 0 saturated carbocycles. The predicted octanol–water partition coefficient (Wildman–Crippen LogP) is 2.24. The van der Waals surface area contributed by atoms with Crippen molar-refractivity contribution in [3.05, 3.63) is 39.9 Å². The van der Waals surface area contributed by atoms with Crippen molar-refractivity contribution in [2.24, 2.45) is 9.98 Å². The molecule has 0 amide bonds. The quantitative estimate of drug-likeness (QED) is 0.353.